The molecule has 0 N–H and O–H groups in total. The van der Waals surface area contributed by atoms with Crippen LogP contribution in [0.3, 0.4) is 0 Å². The molecule has 0 aliphatic heterocycles. The molecule has 0 aliphatic rings. The van der Waals surface area contributed by atoms with Gasteiger partial charge in [0.25, 0.3) is 0 Å². The number of carbonyl (C=O) groups excluding carboxylic acids is 1. The van der Waals surface area contributed by atoms with E-state index in [-0.39, 0.29) is 5.78 Å². The minimum atomic E-state index is 0.0937. The molecular weight excluding hydrogens is 304 g/mol. The molecule has 0 radical (unpaired) electrons. The quantitative estimate of drug-likeness (QED) is 0.805. The maximum atomic E-state index is 12.4. The fraction of sp³-hybridized carbons (Fsp3) is 0.333. The minimum Gasteiger partial charge on any atom is -0.292 e. The van der Waals surface area contributed by atoms with Gasteiger partial charge in [0.15, 0.2) is 5.78 Å². The molecule has 0 aliphatic carbocycles. The summed E-state index contributed by atoms with van der Waals surface area (Å²) in [5.41, 5.74) is 4.08. The third-order valence-corrected chi connectivity index (χ3v) is 3.58. The number of hydrogen-bond donors (Lipinski definition) is 0. The van der Waals surface area contributed by atoms with Gasteiger partial charge in [-0.25, -0.2) is 0 Å². The number of benzene rings is 1. The van der Waals surface area contributed by atoms with Crippen molar-refractivity contribution >= 4 is 21.7 Å². The molecular formula is C15H17BrN2O. The van der Waals surface area contributed by atoms with E-state index in [1.807, 2.05) is 20.8 Å². The first-order valence-corrected chi connectivity index (χ1v) is 7.12. The zero-order valence-electron chi connectivity index (χ0n) is 11.4. The first-order chi connectivity index (χ1) is 9.01. The van der Waals surface area contributed by atoms with E-state index < -0.39 is 0 Å². The average molecular weight is 321 g/mol. The number of halogens is 1. The van der Waals surface area contributed by atoms with Crippen LogP contribution in [0.25, 0.3) is 0 Å². The Hall–Kier alpha value is -1.42. The van der Waals surface area contributed by atoms with Crippen molar-refractivity contribution in [3.05, 3.63) is 51.3 Å². The van der Waals surface area contributed by atoms with Gasteiger partial charge in [-0.3, -0.25) is 9.48 Å². The number of ketones is 1. The lowest BCUT2D eigenvalue weighted by Gasteiger charge is -2.07. The zero-order valence-corrected chi connectivity index (χ0v) is 13.0. The van der Waals surface area contributed by atoms with Gasteiger partial charge in [-0.1, -0.05) is 29.3 Å². The van der Waals surface area contributed by atoms with E-state index in [4.69, 9.17) is 0 Å². The maximum absolute atomic E-state index is 12.4. The molecule has 1 aromatic carbocycles. The smallest absolute Gasteiger partial charge is 0.186 e. The summed E-state index contributed by atoms with van der Waals surface area (Å²) < 4.78 is 2.50. The van der Waals surface area contributed by atoms with Gasteiger partial charge in [0.2, 0.25) is 0 Å². The predicted octanol–water partition coefficient (Wildman–Crippen LogP) is 3.71. The molecule has 1 heterocycles. The van der Waals surface area contributed by atoms with Crippen molar-refractivity contribution in [1.29, 1.82) is 0 Å². The van der Waals surface area contributed by atoms with Crippen molar-refractivity contribution in [3.8, 4) is 0 Å². The van der Waals surface area contributed by atoms with E-state index in [2.05, 4.69) is 39.2 Å². The zero-order chi connectivity index (χ0) is 14.0. The van der Waals surface area contributed by atoms with Crippen molar-refractivity contribution in [3.63, 3.8) is 0 Å². The minimum absolute atomic E-state index is 0.0937. The standard InChI is InChI=1S/C15H17BrN2O/c1-4-18-15(13(16)9-17-18)14(19)8-12-6-10(2)5-11(3)7-12/h5-7,9H,4,8H2,1-3H3. The Labute approximate surface area is 121 Å². The lowest BCUT2D eigenvalue weighted by molar-refractivity contribution is 0.0982. The van der Waals surface area contributed by atoms with Gasteiger partial charge in [-0.05, 0) is 42.3 Å². The van der Waals surface area contributed by atoms with Gasteiger partial charge >= 0.3 is 0 Å². The molecule has 0 amide bonds. The van der Waals surface area contributed by atoms with E-state index in [0.29, 0.717) is 18.7 Å². The van der Waals surface area contributed by atoms with Gasteiger partial charge in [0.1, 0.15) is 5.69 Å². The number of hydrogen-bond acceptors (Lipinski definition) is 2. The second-order valence-electron chi connectivity index (χ2n) is 4.75. The van der Waals surface area contributed by atoms with Crippen molar-refractivity contribution < 1.29 is 4.79 Å². The summed E-state index contributed by atoms with van der Waals surface area (Å²) in [4.78, 5) is 12.4. The van der Waals surface area contributed by atoms with E-state index in [1.54, 1.807) is 10.9 Å². The Morgan fingerprint density at radius 2 is 1.89 bits per heavy atom. The van der Waals surface area contributed by atoms with E-state index >= 15 is 0 Å². The fourth-order valence-electron chi connectivity index (χ4n) is 2.32. The molecule has 1 aromatic heterocycles. The maximum Gasteiger partial charge on any atom is 0.186 e. The molecule has 19 heavy (non-hydrogen) atoms. The first kappa shape index (κ1) is 14.0. The van der Waals surface area contributed by atoms with Crippen LogP contribution in [0.2, 0.25) is 0 Å². The van der Waals surface area contributed by atoms with Crippen LogP contribution < -0.4 is 0 Å². The molecule has 100 valence electrons. The van der Waals surface area contributed by atoms with Gasteiger partial charge in [0.05, 0.1) is 10.7 Å². The second-order valence-corrected chi connectivity index (χ2v) is 5.61. The van der Waals surface area contributed by atoms with Crippen LogP contribution in [0.1, 0.15) is 34.1 Å². The Bertz CT molecular complexity index is 596. The number of Topliss-reactive ketones (excluding diaryl/α,β-unsaturated/α-hetero) is 1. The van der Waals surface area contributed by atoms with E-state index in [1.165, 1.54) is 11.1 Å². The third kappa shape index (κ3) is 3.13. The molecule has 0 atom stereocenters. The van der Waals surface area contributed by atoms with Crippen LogP contribution in [0.15, 0.2) is 28.9 Å². The molecule has 0 bridgehead atoms. The molecule has 0 saturated carbocycles. The molecule has 0 fully saturated rings. The lowest BCUT2D eigenvalue weighted by atomic mass is 10.0. The molecule has 2 rings (SSSR count). The predicted molar refractivity (Wildman–Crippen MR) is 79.6 cm³/mol. The molecule has 0 saturated heterocycles. The summed E-state index contributed by atoms with van der Waals surface area (Å²) in [5, 5.41) is 4.18. The molecule has 3 nitrogen and oxygen atoms in total. The van der Waals surface area contributed by atoms with Crippen LogP contribution in [0, 0.1) is 13.8 Å². The van der Waals surface area contributed by atoms with Crippen LogP contribution in [-0.4, -0.2) is 15.6 Å². The van der Waals surface area contributed by atoms with Crippen LogP contribution in [0.4, 0.5) is 0 Å². The number of nitrogens with zero attached hydrogens (tertiary/aromatic N) is 2. The normalized spacial score (nSPS) is 10.7. The fourth-order valence-corrected chi connectivity index (χ4v) is 2.84. The van der Waals surface area contributed by atoms with Crippen LogP contribution in [0.5, 0.6) is 0 Å². The summed E-state index contributed by atoms with van der Waals surface area (Å²) in [5.74, 6) is 0.0937. The van der Waals surface area contributed by atoms with Crippen LogP contribution in [-0.2, 0) is 13.0 Å². The van der Waals surface area contributed by atoms with Gasteiger partial charge in [-0.2, -0.15) is 5.10 Å². The van der Waals surface area contributed by atoms with Crippen LogP contribution >= 0.6 is 15.9 Å². The summed E-state index contributed by atoms with van der Waals surface area (Å²) in [6.07, 6.45) is 2.09. The number of aryl methyl sites for hydroxylation is 3. The second kappa shape index (κ2) is 5.70. The topological polar surface area (TPSA) is 34.9 Å². The summed E-state index contributed by atoms with van der Waals surface area (Å²) >= 11 is 3.40. The van der Waals surface area contributed by atoms with Gasteiger partial charge in [-0.15, -0.1) is 0 Å². The third-order valence-electron chi connectivity index (χ3n) is 3.00. The number of rotatable bonds is 4. The average Bonchev–Trinajstić information content (AvgIpc) is 2.68. The highest BCUT2D eigenvalue weighted by Gasteiger charge is 2.16. The number of carbonyl (C=O) groups is 1. The van der Waals surface area contributed by atoms with Crippen molar-refractivity contribution in [2.24, 2.45) is 0 Å². The van der Waals surface area contributed by atoms with Crippen molar-refractivity contribution in [2.45, 2.75) is 33.7 Å². The van der Waals surface area contributed by atoms with E-state index in [9.17, 15) is 4.79 Å². The molecule has 0 spiro atoms. The highest BCUT2D eigenvalue weighted by atomic mass is 79.9. The number of aromatic nitrogens is 2. The van der Waals surface area contributed by atoms with Gasteiger partial charge < -0.3 is 0 Å². The summed E-state index contributed by atoms with van der Waals surface area (Å²) in [6.45, 7) is 6.77. The van der Waals surface area contributed by atoms with E-state index in [0.717, 1.165) is 10.0 Å². The Morgan fingerprint density at radius 3 is 2.47 bits per heavy atom. The molecule has 4 heteroatoms. The summed E-state index contributed by atoms with van der Waals surface area (Å²) in [7, 11) is 0. The monoisotopic (exact) mass is 320 g/mol. The molecule has 0 unspecified atom stereocenters. The molecule has 2 aromatic rings. The Balaban J connectivity index is 2.28. The van der Waals surface area contributed by atoms with Gasteiger partial charge in [0, 0.05) is 13.0 Å². The SMILES string of the molecule is CCn1ncc(Br)c1C(=O)Cc1cc(C)cc(C)c1. The Morgan fingerprint density at radius 1 is 1.26 bits per heavy atom. The highest BCUT2D eigenvalue weighted by Crippen LogP contribution is 2.19. The highest BCUT2D eigenvalue weighted by molar-refractivity contribution is 9.10. The van der Waals surface area contributed by atoms with Crippen molar-refractivity contribution in [1.82, 2.24) is 9.78 Å². The first-order valence-electron chi connectivity index (χ1n) is 6.33. The summed E-state index contributed by atoms with van der Waals surface area (Å²) in [6, 6.07) is 6.23. The van der Waals surface area contributed by atoms with Crippen molar-refractivity contribution in [2.75, 3.05) is 0 Å². The largest absolute Gasteiger partial charge is 0.292 e. The lowest BCUT2D eigenvalue weighted by Crippen LogP contribution is -2.12. The Kier molecular flexibility index (Phi) is 4.20.